The van der Waals surface area contributed by atoms with Crippen LogP contribution in [-0.2, 0) is 9.84 Å². The van der Waals surface area contributed by atoms with Crippen molar-refractivity contribution in [3.8, 4) is 5.95 Å². The van der Waals surface area contributed by atoms with Crippen LogP contribution in [-0.4, -0.2) is 51.0 Å². The number of hydrogen-bond donors (Lipinski definition) is 1. The zero-order chi connectivity index (χ0) is 22.8. The Hall–Kier alpha value is -3.06. The van der Waals surface area contributed by atoms with Gasteiger partial charge in [0.05, 0.1) is 10.9 Å². The smallest absolute Gasteiger partial charge is 0.342 e. The lowest BCUT2D eigenvalue weighted by Gasteiger charge is -2.15. The monoisotopic (exact) mass is 474 g/mol. The second-order valence-electron chi connectivity index (χ2n) is 6.32. The van der Waals surface area contributed by atoms with Crippen molar-refractivity contribution < 1.29 is 26.4 Å². The van der Waals surface area contributed by atoms with Crippen LogP contribution in [0.15, 0.2) is 47.9 Å². The first-order valence-corrected chi connectivity index (χ1v) is 10.6. The molecule has 31 heavy (non-hydrogen) atoms. The van der Waals surface area contributed by atoms with Crippen LogP contribution < -0.4 is 5.32 Å². The fraction of sp³-hybridized carbons (Fsp3) is 0.235. The molecule has 0 aliphatic carbocycles. The number of aromatic nitrogens is 5. The normalized spacial score (nSPS) is 13.1. The van der Waals surface area contributed by atoms with Crippen molar-refractivity contribution in [3.63, 3.8) is 0 Å². The molecule has 1 amide bonds. The lowest BCUT2D eigenvalue weighted by molar-refractivity contribution is -0.106. The topological polar surface area (TPSA) is 120 Å². The zero-order valence-corrected chi connectivity index (χ0v) is 17.3. The van der Waals surface area contributed by atoms with Crippen molar-refractivity contribution >= 4 is 27.3 Å². The van der Waals surface area contributed by atoms with Gasteiger partial charge in [-0.3, -0.25) is 4.79 Å². The lowest BCUT2D eigenvalue weighted by atomic mass is 10.2. The van der Waals surface area contributed by atoms with E-state index >= 15 is 0 Å². The SMILES string of the molecule is C[C@@H](NC(=O)c1cc(Cl)cc(S(=O)(=O)CC(F)(F)F)c1)c1ncnn1-c1ncccn1. The van der Waals surface area contributed by atoms with Crippen LogP contribution in [0.25, 0.3) is 5.95 Å². The van der Waals surface area contributed by atoms with Crippen LogP contribution in [0, 0.1) is 0 Å². The summed E-state index contributed by atoms with van der Waals surface area (Å²) in [4.78, 5) is 24.1. The Balaban J connectivity index is 1.85. The van der Waals surface area contributed by atoms with Crippen molar-refractivity contribution in [1.82, 2.24) is 30.0 Å². The molecule has 0 spiro atoms. The molecule has 1 atom stereocenters. The maximum Gasteiger partial charge on any atom is 0.403 e. The Kier molecular flexibility index (Phi) is 6.27. The van der Waals surface area contributed by atoms with E-state index in [1.807, 2.05) is 0 Å². The molecule has 14 heteroatoms. The number of rotatable bonds is 6. The number of carbonyl (C=O) groups excluding carboxylic acids is 1. The quantitative estimate of drug-likeness (QED) is 0.583. The summed E-state index contributed by atoms with van der Waals surface area (Å²) in [5, 5.41) is 6.37. The summed E-state index contributed by atoms with van der Waals surface area (Å²) in [5.74, 6) is -2.37. The van der Waals surface area contributed by atoms with E-state index in [1.54, 1.807) is 13.0 Å². The number of benzene rings is 1. The first kappa shape index (κ1) is 22.6. The number of nitrogens with one attached hydrogen (secondary N) is 1. The molecule has 0 saturated carbocycles. The van der Waals surface area contributed by atoms with E-state index in [-0.39, 0.29) is 22.4 Å². The summed E-state index contributed by atoms with van der Waals surface area (Å²) in [7, 11) is -4.74. The fourth-order valence-electron chi connectivity index (χ4n) is 2.62. The molecule has 0 radical (unpaired) electrons. The Labute approximate surface area is 179 Å². The van der Waals surface area contributed by atoms with Gasteiger partial charge in [0.25, 0.3) is 11.9 Å². The summed E-state index contributed by atoms with van der Waals surface area (Å²) in [5.41, 5.74) is -0.234. The molecule has 0 saturated heterocycles. The number of nitrogens with zero attached hydrogens (tertiary/aromatic N) is 5. The third kappa shape index (κ3) is 5.55. The summed E-state index contributed by atoms with van der Waals surface area (Å²) in [6.07, 6.45) is -0.727. The Morgan fingerprint density at radius 1 is 1.19 bits per heavy atom. The highest BCUT2D eigenvalue weighted by Gasteiger charge is 2.36. The van der Waals surface area contributed by atoms with Crippen molar-refractivity contribution in [2.45, 2.75) is 24.0 Å². The Morgan fingerprint density at radius 2 is 1.87 bits per heavy atom. The van der Waals surface area contributed by atoms with Crippen LogP contribution in [0.4, 0.5) is 13.2 Å². The molecule has 3 aromatic rings. The average molecular weight is 475 g/mol. The van der Waals surface area contributed by atoms with E-state index in [2.05, 4.69) is 25.4 Å². The van der Waals surface area contributed by atoms with Gasteiger partial charge in [0.1, 0.15) is 6.33 Å². The zero-order valence-electron chi connectivity index (χ0n) is 15.7. The van der Waals surface area contributed by atoms with Crippen LogP contribution >= 0.6 is 11.6 Å². The molecule has 1 N–H and O–H groups in total. The predicted octanol–water partition coefficient (Wildman–Crippen LogP) is 2.54. The van der Waals surface area contributed by atoms with Gasteiger partial charge in [-0.05, 0) is 31.2 Å². The number of halogens is 4. The van der Waals surface area contributed by atoms with Gasteiger partial charge in [-0.1, -0.05) is 11.6 Å². The standard InChI is InChI=1S/C17H14ClF3N6O3S/c1-10(14-24-9-25-27(14)16-22-3-2-4-23-16)26-15(28)11-5-12(18)7-13(6-11)31(29,30)8-17(19,20)21/h2-7,9-10H,8H2,1H3,(H,26,28)/t10-/m1/s1. The molecule has 0 aliphatic heterocycles. The molecule has 164 valence electrons. The molecule has 0 aliphatic rings. The third-order valence-electron chi connectivity index (χ3n) is 3.90. The van der Waals surface area contributed by atoms with Crippen LogP contribution in [0.5, 0.6) is 0 Å². The first-order chi connectivity index (χ1) is 14.5. The van der Waals surface area contributed by atoms with E-state index in [0.717, 1.165) is 18.2 Å². The van der Waals surface area contributed by atoms with Gasteiger partial charge in [0.2, 0.25) is 0 Å². The van der Waals surface area contributed by atoms with Gasteiger partial charge in [0.15, 0.2) is 21.4 Å². The van der Waals surface area contributed by atoms with Gasteiger partial charge in [-0.15, -0.1) is 0 Å². The summed E-state index contributed by atoms with van der Waals surface area (Å²) >= 11 is 5.84. The molecule has 1 aromatic carbocycles. The fourth-order valence-corrected chi connectivity index (χ4v) is 4.13. The van der Waals surface area contributed by atoms with E-state index in [4.69, 9.17) is 11.6 Å². The van der Waals surface area contributed by atoms with Crippen molar-refractivity contribution in [2.75, 3.05) is 5.75 Å². The number of carbonyl (C=O) groups is 1. The number of amides is 1. The Morgan fingerprint density at radius 3 is 2.52 bits per heavy atom. The summed E-state index contributed by atoms with van der Waals surface area (Å²) in [6.45, 7) is 1.58. The summed E-state index contributed by atoms with van der Waals surface area (Å²) < 4.78 is 63.1. The van der Waals surface area contributed by atoms with Crippen LogP contribution in [0.3, 0.4) is 0 Å². The molecule has 0 fully saturated rings. The largest absolute Gasteiger partial charge is 0.403 e. The first-order valence-electron chi connectivity index (χ1n) is 8.54. The molecular weight excluding hydrogens is 461 g/mol. The van der Waals surface area contributed by atoms with Gasteiger partial charge < -0.3 is 5.32 Å². The van der Waals surface area contributed by atoms with E-state index in [9.17, 15) is 26.4 Å². The average Bonchev–Trinajstić information content (AvgIpc) is 3.16. The van der Waals surface area contributed by atoms with Crippen molar-refractivity contribution in [2.24, 2.45) is 0 Å². The molecule has 2 heterocycles. The second-order valence-corrected chi connectivity index (χ2v) is 8.75. The maximum absolute atomic E-state index is 12.6. The van der Waals surface area contributed by atoms with Gasteiger partial charge >= 0.3 is 6.18 Å². The van der Waals surface area contributed by atoms with Crippen LogP contribution in [0.2, 0.25) is 5.02 Å². The molecule has 9 nitrogen and oxygen atoms in total. The molecule has 0 unspecified atom stereocenters. The van der Waals surface area contributed by atoms with Crippen molar-refractivity contribution in [1.29, 1.82) is 0 Å². The van der Waals surface area contributed by atoms with Gasteiger partial charge in [-0.2, -0.15) is 23.0 Å². The maximum atomic E-state index is 12.6. The third-order valence-corrected chi connectivity index (χ3v) is 5.78. The highest BCUT2D eigenvalue weighted by atomic mass is 35.5. The highest BCUT2D eigenvalue weighted by Crippen LogP contribution is 2.26. The predicted molar refractivity (Wildman–Crippen MR) is 102 cm³/mol. The van der Waals surface area contributed by atoms with E-state index < -0.39 is 38.6 Å². The highest BCUT2D eigenvalue weighted by molar-refractivity contribution is 7.91. The molecular formula is C17H14ClF3N6O3S. The minimum absolute atomic E-state index is 0.207. The van der Waals surface area contributed by atoms with Crippen molar-refractivity contribution in [3.05, 3.63) is 59.4 Å². The molecule has 2 aromatic heterocycles. The molecule has 3 rings (SSSR count). The molecule has 0 bridgehead atoms. The van der Waals surface area contributed by atoms with E-state index in [1.165, 1.54) is 23.4 Å². The summed E-state index contributed by atoms with van der Waals surface area (Å²) in [6, 6.07) is 3.69. The lowest BCUT2D eigenvalue weighted by Crippen LogP contribution is -2.29. The Bertz CT molecular complexity index is 1200. The minimum atomic E-state index is -4.94. The number of alkyl halides is 3. The van der Waals surface area contributed by atoms with Gasteiger partial charge in [-0.25, -0.2) is 23.4 Å². The minimum Gasteiger partial charge on any atom is -0.342 e. The number of sulfone groups is 1. The number of hydrogen-bond acceptors (Lipinski definition) is 7. The van der Waals surface area contributed by atoms with E-state index in [0.29, 0.717) is 0 Å². The van der Waals surface area contributed by atoms with Gasteiger partial charge in [0, 0.05) is 23.0 Å². The second kappa shape index (κ2) is 8.59. The van der Waals surface area contributed by atoms with Crippen LogP contribution in [0.1, 0.15) is 29.1 Å².